The van der Waals surface area contributed by atoms with Gasteiger partial charge in [0.05, 0.1) is 0 Å². The molecular weight excluding hydrogens is 230 g/mol. The van der Waals surface area contributed by atoms with Gasteiger partial charge >= 0.3 is 0 Å². The van der Waals surface area contributed by atoms with Crippen molar-refractivity contribution in [3.63, 3.8) is 0 Å². The van der Waals surface area contributed by atoms with Crippen LogP contribution in [0.2, 0.25) is 0 Å². The van der Waals surface area contributed by atoms with Gasteiger partial charge in [-0.2, -0.15) is 0 Å². The van der Waals surface area contributed by atoms with Gasteiger partial charge in [0.25, 0.3) is 0 Å². The summed E-state index contributed by atoms with van der Waals surface area (Å²) in [5, 5.41) is 19.4. The Bertz CT molecular complexity index is 389. The number of carbonyl (C=O) groups excluding carboxylic acids is 1. The van der Waals surface area contributed by atoms with E-state index in [4.69, 9.17) is 9.90 Å². The van der Waals surface area contributed by atoms with Gasteiger partial charge in [-0.05, 0) is 32.9 Å². The standard InChI is InChI=1S/C12H17NO.C2H4O2/c1-10-12(14,8-9-13(10)2)11-6-4-3-5-7-11;1-2(3)4/h3-7,10,14H,8-9H2,1-2H3;1H3,(H,3,4)/p-1. The van der Waals surface area contributed by atoms with Crippen molar-refractivity contribution in [2.75, 3.05) is 13.6 Å². The van der Waals surface area contributed by atoms with Crippen LogP contribution in [-0.4, -0.2) is 35.6 Å². The van der Waals surface area contributed by atoms with E-state index in [0.29, 0.717) is 0 Å². The van der Waals surface area contributed by atoms with E-state index in [2.05, 4.69) is 18.9 Å². The normalized spacial score (nSPS) is 27.4. The zero-order valence-corrected chi connectivity index (χ0v) is 11.1. The highest BCUT2D eigenvalue weighted by atomic mass is 16.4. The van der Waals surface area contributed by atoms with E-state index in [-0.39, 0.29) is 6.04 Å². The van der Waals surface area contributed by atoms with Crippen molar-refractivity contribution in [2.24, 2.45) is 0 Å². The van der Waals surface area contributed by atoms with Crippen LogP contribution in [-0.2, 0) is 10.4 Å². The number of hydrogen-bond acceptors (Lipinski definition) is 4. The first-order valence-corrected chi connectivity index (χ1v) is 6.03. The summed E-state index contributed by atoms with van der Waals surface area (Å²) in [6.07, 6.45) is 0.828. The Balaban J connectivity index is 0.000000357. The van der Waals surface area contributed by atoms with Gasteiger partial charge in [0.15, 0.2) is 0 Å². The molecule has 0 amide bonds. The molecule has 1 fully saturated rings. The molecule has 0 radical (unpaired) electrons. The second-order valence-electron chi connectivity index (χ2n) is 4.69. The minimum Gasteiger partial charge on any atom is -0.550 e. The number of aliphatic carboxylic acids is 1. The number of benzene rings is 1. The molecule has 1 aliphatic heterocycles. The van der Waals surface area contributed by atoms with E-state index in [1.807, 2.05) is 30.3 Å². The molecule has 0 saturated carbocycles. The van der Waals surface area contributed by atoms with Crippen LogP contribution in [0.25, 0.3) is 0 Å². The van der Waals surface area contributed by atoms with Crippen LogP contribution in [0.4, 0.5) is 0 Å². The number of likely N-dealkylation sites (tertiary alicyclic amines) is 1. The van der Waals surface area contributed by atoms with Gasteiger partial charge < -0.3 is 19.9 Å². The van der Waals surface area contributed by atoms with Crippen molar-refractivity contribution in [3.05, 3.63) is 35.9 Å². The molecule has 1 N–H and O–H groups in total. The fourth-order valence-electron chi connectivity index (χ4n) is 2.23. The molecule has 1 aromatic rings. The van der Waals surface area contributed by atoms with Gasteiger partial charge in [-0.15, -0.1) is 0 Å². The van der Waals surface area contributed by atoms with E-state index >= 15 is 0 Å². The second-order valence-corrected chi connectivity index (χ2v) is 4.69. The topological polar surface area (TPSA) is 63.6 Å². The quantitative estimate of drug-likeness (QED) is 0.781. The number of likely N-dealkylation sites (N-methyl/N-ethyl adjacent to an activating group) is 1. The fraction of sp³-hybridized carbons (Fsp3) is 0.500. The van der Waals surface area contributed by atoms with Crippen molar-refractivity contribution in [1.29, 1.82) is 0 Å². The maximum absolute atomic E-state index is 10.6. The minimum absolute atomic E-state index is 0.199. The van der Waals surface area contributed by atoms with Gasteiger partial charge in [-0.25, -0.2) is 0 Å². The molecule has 0 aliphatic carbocycles. The first kappa shape index (κ1) is 14.7. The highest BCUT2D eigenvalue weighted by molar-refractivity contribution is 5.60. The highest BCUT2D eigenvalue weighted by Crippen LogP contribution is 2.36. The van der Waals surface area contributed by atoms with Crippen molar-refractivity contribution in [1.82, 2.24) is 4.90 Å². The number of carbonyl (C=O) groups is 1. The molecule has 18 heavy (non-hydrogen) atoms. The third-order valence-corrected chi connectivity index (χ3v) is 3.47. The molecule has 1 saturated heterocycles. The monoisotopic (exact) mass is 250 g/mol. The largest absolute Gasteiger partial charge is 0.550 e. The molecule has 2 atom stereocenters. The zero-order chi connectivity index (χ0) is 13.8. The van der Waals surface area contributed by atoms with Crippen molar-refractivity contribution in [3.8, 4) is 0 Å². The van der Waals surface area contributed by atoms with E-state index < -0.39 is 11.6 Å². The van der Waals surface area contributed by atoms with Crippen molar-refractivity contribution < 1.29 is 15.0 Å². The third kappa shape index (κ3) is 3.31. The summed E-state index contributed by atoms with van der Waals surface area (Å²) in [5.41, 5.74) is 0.382. The van der Waals surface area contributed by atoms with Crippen LogP contribution in [0.15, 0.2) is 30.3 Å². The highest BCUT2D eigenvalue weighted by Gasteiger charge is 2.42. The average molecular weight is 250 g/mol. The van der Waals surface area contributed by atoms with Gasteiger partial charge in [0.1, 0.15) is 5.60 Å². The van der Waals surface area contributed by atoms with Crippen molar-refractivity contribution >= 4 is 5.97 Å². The van der Waals surface area contributed by atoms with Gasteiger partial charge in [0, 0.05) is 18.6 Å². The lowest BCUT2D eigenvalue weighted by molar-refractivity contribution is -0.302. The van der Waals surface area contributed by atoms with Gasteiger partial charge in [-0.1, -0.05) is 30.3 Å². The summed E-state index contributed by atoms with van der Waals surface area (Å²) in [7, 11) is 2.06. The zero-order valence-electron chi connectivity index (χ0n) is 11.1. The number of carboxylic acids is 1. The van der Waals surface area contributed by atoms with E-state index in [1.54, 1.807) is 0 Å². The molecular formula is C14H20NO3-. The van der Waals surface area contributed by atoms with Gasteiger partial charge in [0.2, 0.25) is 0 Å². The Kier molecular flexibility index (Phi) is 4.87. The Hall–Kier alpha value is -1.39. The number of rotatable bonds is 1. The Morgan fingerprint density at radius 2 is 1.94 bits per heavy atom. The number of hydrogen-bond donors (Lipinski definition) is 1. The number of nitrogens with zero attached hydrogens (tertiary/aromatic N) is 1. The summed E-state index contributed by atoms with van der Waals surface area (Å²) >= 11 is 0. The molecule has 4 heteroatoms. The molecule has 0 bridgehead atoms. The van der Waals surface area contributed by atoms with Crippen LogP contribution < -0.4 is 5.11 Å². The Morgan fingerprint density at radius 3 is 2.33 bits per heavy atom. The van der Waals surface area contributed by atoms with E-state index in [9.17, 15) is 5.11 Å². The SMILES string of the molecule is CC(=O)[O-].CC1N(C)CCC1(O)c1ccccc1. The minimum atomic E-state index is -1.08. The predicted octanol–water partition coefficient (Wildman–Crippen LogP) is 0.354. The van der Waals surface area contributed by atoms with Crippen LogP contribution in [0, 0.1) is 0 Å². The lowest BCUT2D eigenvalue weighted by atomic mass is 9.87. The Labute approximate surface area is 108 Å². The first-order valence-electron chi connectivity index (χ1n) is 6.03. The number of carboxylic acid groups (broad SMARTS) is 1. The summed E-state index contributed by atoms with van der Waals surface area (Å²) in [4.78, 5) is 11.1. The van der Waals surface area contributed by atoms with E-state index in [1.165, 1.54) is 0 Å². The third-order valence-electron chi connectivity index (χ3n) is 3.47. The lowest BCUT2D eigenvalue weighted by Gasteiger charge is -2.30. The average Bonchev–Trinajstić information content (AvgIpc) is 2.59. The maximum atomic E-state index is 10.6. The summed E-state index contributed by atoms with van der Waals surface area (Å²) in [6.45, 7) is 4.02. The molecule has 0 aromatic heterocycles. The smallest absolute Gasteiger partial charge is 0.106 e. The predicted molar refractivity (Wildman–Crippen MR) is 67.7 cm³/mol. The number of aliphatic hydroxyl groups is 1. The van der Waals surface area contributed by atoms with Crippen LogP contribution >= 0.6 is 0 Å². The molecule has 1 heterocycles. The lowest BCUT2D eigenvalue weighted by Crippen LogP contribution is -2.38. The van der Waals surface area contributed by atoms with E-state index in [0.717, 1.165) is 25.5 Å². The van der Waals surface area contributed by atoms with Gasteiger partial charge in [-0.3, -0.25) is 0 Å². The molecule has 100 valence electrons. The summed E-state index contributed by atoms with van der Waals surface area (Å²) < 4.78 is 0. The molecule has 1 aliphatic rings. The molecule has 1 aromatic carbocycles. The molecule has 4 nitrogen and oxygen atoms in total. The van der Waals surface area contributed by atoms with Crippen LogP contribution in [0.1, 0.15) is 25.8 Å². The fourth-order valence-corrected chi connectivity index (χ4v) is 2.23. The molecule has 0 spiro atoms. The Morgan fingerprint density at radius 1 is 1.44 bits per heavy atom. The second kappa shape index (κ2) is 5.98. The van der Waals surface area contributed by atoms with Crippen LogP contribution in [0.3, 0.4) is 0 Å². The van der Waals surface area contributed by atoms with Crippen LogP contribution in [0.5, 0.6) is 0 Å². The molecule has 2 rings (SSSR count). The molecule has 2 unspecified atom stereocenters. The summed E-state index contributed by atoms with van der Waals surface area (Å²) in [5.74, 6) is -1.08. The van der Waals surface area contributed by atoms with Crippen molar-refractivity contribution in [2.45, 2.75) is 31.9 Å². The summed E-state index contributed by atoms with van der Waals surface area (Å²) in [6, 6.07) is 10.2. The maximum Gasteiger partial charge on any atom is 0.106 e. The first-order chi connectivity index (χ1) is 8.38.